The highest BCUT2D eigenvalue weighted by atomic mass is 16.5. The maximum atomic E-state index is 9.44. The van der Waals surface area contributed by atoms with E-state index in [4.69, 9.17) is 14.9 Å². The number of hydrogen-bond donors (Lipinski definition) is 3. The van der Waals surface area contributed by atoms with Crippen LogP contribution in [0.3, 0.4) is 0 Å². The summed E-state index contributed by atoms with van der Waals surface area (Å²) in [6.07, 6.45) is -0.263. The Labute approximate surface area is 79.2 Å². The van der Waals surface area contributed by atoms with Crippen LogP contribution in [0.2, 0.25) is 0 Å². The monoisotopic (exact) mass is 192 g/mol. The van der Waals surface area contributed by atoms with E-state index in [1.807, 2.05) is 0 Å². The molecular formula is C9H20O4. The van der Waals surface area contributed by atoms with Crippen LogP contribution in [0.4, 0.5) is 0 Å². The molecule has 0 spiro atoms. The topological polar surface area (TPSA) is 69.9 Å². The van der Waals surface area contributed by atoms with E-state index >= 15 is 0 Å². The number of aliphatic hydroxyl groups excluding tert-OH is 3. The molecule has 0 aliphatic carbocycles. The van der Waals surface area contributed by atoms with Crippen molar-refractivity contribution < 1.29 is 20.1 Å². The molecule has 0 aromatic rings. The summed E-state index contributed by atoms with van der Waals surface area (Å²) < 4.78 is 5.18. The lowest BCUT2D eigenvalue weighted by molar-refractivity contribution is -0.0573. The summed E-state index contributed by atoms with van der Waals surface area (Å²) in [5, 5.41) is 26.9. The lowest BCUT2D eigenvalue weighted by Crippen LogP contribution is -2.28. The van der Waals surface area contributed by atoms with Gasteiger partial charge >= 0.3 is 0 Å². The first-order chi connectivity index (χ1) is 6.07. The van der Waals surface area contributed by atoms with Crippen molar-refractivity contribution in [1.82, 2.24) is 0 Å². The van der Waals surface area contributed by atoms with Crippen LogP contribution in [-0.4, -0.2) is 46.8 Å². The van der Waals surface area contributed by atoms with Crippen LogP contribution in [0.1, 0.15) is 26.7 Å². The molecule has 0 bridgehead atoms. The minimum Gasteiger partial charge on any atom is -0.396 e. The van der Waals surface area contributed by atoms with Crippen molar-refractivity contribution in [2.24, 2.45) is 0 Å². The van der Waals surface area contributed by atoms with Crippen LogP contribution in [0.25, 0.3) is 0 Å². The predicted molar refractivity (Wildman–Crippen MR) is 49.4 cm³/mol. The molecule has 0 aromatic carbocycles. The molecule has 80 valence electrons. The zero-order valence-electron chi connectivity index (χ0n) is 8.31. The summed E-state index contributed by atoms with van der Waals surface area (Å²) in [5.41, 5.74) is 0. The van der Waals surface area contributed by atoms with Gasteiger partial charge in [-0.15, -0.1) is 0 Å². The van der Waals surface area contributed by atoms with E-state index in [1.165, 1.54) is 0 Å². The number of hydrogen-bond acceptors (Lipinski definition) is 4. The zero-order valence-corrected chi connectivity index (χ0v) is 8.31. The van der Waals surface area contributed by atoms with Crippen LogP contribution >= 0.6 is 0 Å². The van der Waals surface area contributed by atoms with Crippen LogP contribution < -0.4 is 0 Å². The fourth-order valence-electron chi connectivity index (χ4n) is 0.937. The molecule has 4 heteroatoms. The summed E-state index contributed by atoms with van der Waals surface area (Å²) in [5.74, 6) is 0. The zero-order chi connectivity index (χ0) is 10.3. The van der Waals surface area contributed by atoms with E-state index in [0.29, 0.717) is 12.8 Å². The Morgan fingerprint density at radius 1 is 1.23 bits per heavy atom. The second kappa shape index (κ2) is 7.26. The molecule has 0 saturated carbocycles. The first-order valence-corrected chi connectivity index (χ1v) is 4.66. The molecular weight excluding hydrogens is 172 g/mol. The molecule has 0 rings (SSSR count). The Morgan fingerprint density at radius 3 is 2.31 bits per heavy atom. The van der Waals surface area contributed by atoms with Crippen molar-refractivity contribution in [3.05, 3.63) is 0 Å². The summed E-state index contributed by atoms with van der Waals surface area (Å²) in [4.78, 5) is 0. The molecule has 4 nitrogen and oxygen atoms in total. The molecule has 13 heavy (non-hydrogen) atoms. The van der Waals surface area contributed by atoms with Crippen molar-refractivity contribution in [1.29, 1.82) is 0 Å². The van der Waals surface area contributed by atoms with E-state index in [2.05, 4.69) is 0 Å². The van der Waals surface area contributed by atoms with Crippen molar-refractivity contribution in [2.75, 3.05) is 13.2 Å². The smallest absolute Gasteiger partial charge is 0.0807 e. The fourth-order valence-corrected chi connectivity index (χ4v) is 0.937. The predicted octanol–water partition coefficient (Wildman–Crippen LogP) is -0.0943. The van der Waals surface area contributed by atoms with Crippen LogP contribution in [0.5, 0.6) is 0 Å². The first-order valence-electron chi connectivity index (χ1n) is 4.66. The van der Waals surface area contributed by atoms with E-state index in [1.54, 1.807) is 13.8 Å². The maximum absolute atomic E-state index is 9.44. The SMILES string of the molecule is CC(O)COC(C)C(O)CCCO. The minimum absolute atomic E-state index is 0.0835. The van der Waals surface area contributed by atoms with Gasteiger partial charge in [-0.3, -0.25) is 0 Å². The van der Waals surface area contributed by atoms with Gasteiger partial charge in [0, 0.05) is 6.61 Å². The van der Waals surface area contributed by atoms with Gasteiger partial charge in [-0.1, -0.05) is 0 Å². The fraction of sp³-hybridized carbons (Fsp3) is 1.00. The summed E-state index contributed by atoms with van der Waals surface area (Å²) in [6, 6.07) is 0. The standard InChI is InChI=1S/C9H20O4/c1-7(11)6-13-8(2)9(12)4-3-5-10/h7-12H,3-6H2,1-2H3. The molecule has 0 aliphatic rings. The third-order valence-corrected chi connectivity index (χ3v) is 1.80. The Balaban J connectivity index is 3.50. The molecule has 0 saturated heterocycles. The lowest BCUT2D eigenvalue weighted by atomic mass is 10.1. The highest BCUT2D eigenvalue weighted by Gasteiger charge is 2.14. The van der Waals surface area contributed by atoms with E-state index in [-0.39, 0.29) is 19.3 Å². The molecule has 0 aliphatic heterocycles. The van der Waals surface area contributed by atoms with Gasteiger partial charge in [0.05, 0.1) is 24.9 Å². The molecule has 3 N–H and O–H groups in total. The third-order valence-electron chi connectivity index (χ3n) is 1.80. The van der Waals surface area contributed by atoms with E-state index in [9.17, 15) is 5.11 Å². The number of ether oxygens (including phenoxy) is 1. The van der Waals surface area contributed by atoms with Crippen molar-refractivity contribution >= 4 is 0 Å². The van der Waals surface area contributed by atoms with Gasteiger partial charge in [0.25, 0.3) is 0 Å². The Morgan fingerprint density at radius 2 is 1.85 bits per heavy atom. The van der Waals surface area contributed by atoms with E-state index < -0.39 is 12.2 Å². The van der Waals surface area contributed by atoms with Crippen LogP contribution in [-0.2, 0) is 4.74 Å². The van der Waals surface area contributed by atoms with Crippen LogP contribution in [0.15, 0.2) is 0 Å². The molecule has 0 amide bonds. The second-order valence-corrected chi connectivity index (χ2v) is 3.32. The van der Waals surface area contributed by atoms with Gasteiger partial charge in [0.2, 0.25) is 0 Å². The summed E-state index contributed by atoms with van der Waals surface area (Å²) in [7, 11) is 0. The van der Waals surface area contributed by atoms with Gasteiger partial charge in [-0.25, -0.2) is 0 Å². The van der Waals surface area contributed by atoms with Gasteiger partial charge in [0.1, 0.15) is 0 Å². The average Bonchev–Trinajstić information content (AvgIpc) is 2.10. The second-order valence-electron chi connectivity index (χ2n) is 3.32. The molecule has 0 aromatic heterocycles. The molecule has 0 fully saturated rings. The van der Waals surface area contributed by atoms with Crippen molar-refractivity contribution in [2.45, 2.75) is 45.0 Å². The largest absolute Gasteiger partial charge is 0.396 e. The molecule has 3 unspecified atom stereocenters. The quantitative estimate of drug-likeness (QED) is 0.527. The van der Waals surface area contributed by atoms with Crippen molar-refractivity contribution in [3.63, 3.8) is 0 Å². The highest BCUT2D eigenvalue weighted by molar-refractivity contribution is 4.64. The summed E-state index contributed by atoms with van der Waals surface area (Å²) >= 11 is 0. The Hall–Kier alpha value is -0.160. The maximum Gasteiger partial charge on any atom is 0.0807 e. The van der Waals surface area contributed by atoms with Gasteiger partial charge in [0.15, 0.2) is 0 Å². The first kappa shape index (κ1) is 12.8. The average molecular weight is 192 g/mol. The highest BCUT2D eigenvalue weighted by Crippen LogP contribution is 2.05. The number of rotatable bonds is 7. The third kappa shape index (κ3) is 6.95. The minimum atomic E-state index is -0.564. The normalized spacial score (nSPS) is 18.2. The van der Waals surface area contributed by atoms with Gasteiger partial charge in [-0.2, -0.15) is 0 Å². The molecule has 0 radical (unpaired) electrons. The van der Waals surface area contributed by atoms with Gasteiger partial charge in [-0.05, 0) is 26.7 Å². The van der Waals surface area contributed by atoms with Crippen molar-refractivity contribution in [3.8, 4) is 0 Å². The Bertz CT molecular complexity index is 116. The van der Waals surface area contributed by atoms with Crippen LogP contribution in [0, 0.1) is 0 Å². The van der Waals surface area contributed by atoms with Gasteiger partial charge < -0.3 is 20.1 Å². The number of aliphatic hydroxyl groups is 3. The Kier molecular flexibility index (Phi) is 7.17. The molecule has 3 atom stereocenters. The van der Waals surface area contributed by atoms with E-state index in [0.717, 1.165) is 0 Å². The summed E-state index contributed by atoms with van der Waals surface area (Å²) in [6.45, 7) is 3.70. The molecule has 0 heterocycles. The lowest BCUT2D eigenvalue weighted by Gasteiger charge is -2.19.